The highest BCUT2D eigenvalue weighted by molar-refractivity contribution is 5.96. The molecule has 0 saturated carbocycles. The highest BCUT2D eigenvalue weighted by atomic mass is 16.6. The summed E-state index contributed by atoms with van der Waals surface area (Å²) in [5.41, 5.74) is 1.99. The number of nitrogens with zero attached hydrogens (tertiary/aromatic N) is 1. The number of carbonyl (C=O) groups is 1. The topological polar surface area (TPSA) is 242 Å². The summed E-state index contributed by atoms with van der Waals surface area (Å²) in [6, 6.07) is 5.66. The molecule has 9 atom stereocenters. The Morgan fingerprint density at radius 1 is 1.09 bits per heavy atom. The molecule has 1 amide bonds. The Balaban J connectivity index is 1.93. The van der Waals surface area contributed by atoms with Crippen molar-refractivity contribution in [2.45, 2.75) is 48.8 Å². The zero-order chi connectivity index (χ0) is 26.1. The molecule has 35 heavy (non-hydrogen) atoms. The van der Waals surface area contributed by atoms with Crippen molar-refractivity contribution < 1.29 is 60.2 Å². The molecule has 2 rings (SSSR count). The van der Waals surface area contributed by atoms with Gasteiger partial charge in [0.1, 0.15) is 42.4 Å². The van der Waals surface area contributed by atoms with Gasteiger partial charge in [-0.3, -0.25) is 4.79 Å². The number of nitrogens with one attached hydrogen (secondary N) is 1. The molecule has 1 aliphatic rings. The summed E-state index contributed by atoms with van der Waals surface area (Å²) in [5.74, 6) is -2.33. The van der Waals surface area contributed by atoms with Crippen molar-refractivity contribution in [1.82, 2.24) is 5.43 Å². The minimum absolute atomic E-state index is 0.0742. The lowest BCUT2D eigenvalue weighted by Gasteiger charge is -2.40. The van der Waals surface area contributed by atoms with Crippen LogP contribution in [0.3, 0.4) is 0 Å². The van der Waals surface area contributed by atoms with E-state index in [0.717, 1.165) is 6.21 Å². The van der Waals surface area contributed by atoms with Gasteiger partial charge in [-0.2, -0.15) is 5.10 Å². The number of hydrazone groups is 1. The van der Waals surface area contributed by atoms with Crippen LogP contribution in [0.5, 0.6) is 5.75 Å². The van der Waals surface area contributed by atoms with Gasteiger partial charge in [-0.15, -0.1) is 0 Å². The predicted octanol–water partition coefficient (Wildman–Crippen LogP) is -4.34. The van der Waals surface area contributed by atoms with Gasteiger partial charge < -0.3 is 55.4 Å². The van der Waals surface area contributed by atoms with Gasteiger partial charge >= 0.3 is 0 Å². The zero-order valence-electron chi connectivity index (χ0n) is 18.6. The van der Waals surface area contributed by atoms with Gasteiger partial charge in [-0.05, 0) is 12.1 Å². The number of phenols is 1. The smallest absolute Gasteiger partial charge is 0.275 e. The van der Waals surface area contributed by atoms with Crippen LogP contribution in [-0.4, -0.2) is 133 Å². The van der Waals surface area contributed by atoms with Crippen LogP contribution >= 0.6 is 0 Å². The second-order valence-corrected chi connectivity index (χ2v) is 8.04. The average molecular weight is 504 g/mol. The molecular formula is C21H32N2O12. The summed E-state index contributed by atoms with van der Waals surface area (Å²) < 4.78 is 10.6. The lowest BCUT2D eigenvalue weighted by Crippen LogP contribution is -2.59. The van der Waals surface area contributed by atoms with E-state index < -0.39 is 80.5 Å². The summed E-state index contributed by atoms with van der Waals surface area (Å²) in [7, 11) is 0. The molecule has 10 N–H and O–H groups in total. The van der Waals surface area contributed by atoms with E-state index in [4.69, 9.17) is 9.47 Å². The first-order valence-electron chi connectivity index (χ1n) is 10.8. The standard InChI is InChI=1S/C21H32N2O12/c24-6-14(28)11(8-34-9-16-19(31)20(32)18(30)15(7-25)35-16)17(29)13(27)5-22-23-21(33)10-3-1-2-4-12(10)26/h1-5,11,13-20,24-32H,6-9H2,(H,23,33)/b22-5-/t11-,13+,14-,15-,16+,17-,18+,19+,20+/m1/s1. The van der Waals surface area contributed by atoms with Gasteiger partial charge in [0.25, 0.3) is 5.91 Å². The van der Waals surface area contributed by atoms with Gasteiger partial charge in [-0.1, -0.05) is 12.1 Å². The Morgan fingerprint density at radius 3 is 2.37 bits per heavy atom. The number of hydrogen-bond donors (Lipinski definition) is 10. The van der Waals surface area contributed by atoms with Gasteiger partial charge in [0.15, 0.2) is 0 Å². The molecule has 0 aliphatic carbocycles. The van der Waals surface area contributed by atoms with Gasteiger partial charge in [0.2, 0.25) is 0 Å². The Morgan fingerprint density at radius 2 is 1.74 bits per heavy atom. The van der Waals surface area contributed by atoms with E-state index in [1.54, 1.807) is 0 Å². The van der Waals surface area contributed by atoms with Crippen molar-refractivity contribution in [2.24, 2.45) is 11.0 Å². The quantitative estimate of drug-likeness (QED) is 0.0959. The number of para-hydroxylation sites is 1. The molecule has 0 spiro atoms. The first kappa shape index (κ1) is 29.0. The number of aliphatic hydroxyl groups excluding tert-OH is 8. The number of benzene rings is 1. The van der Waals surface area contributed by atoms with Crippen molar-refractivity contribution in [2.75, 3.05) is 26.4 Å². The second-order valence-electron chi connectivity index (χ2n) is 8.04. The number of ether oxygens (including phenoxy) is 2. The fourth-order valence-electron chi connectivity index (χ4n) is 3.45. The number of hydrogen-bond acceptors (Lipinski definition) is 13. The van der Waals surface area contributed by atoms with E-state index in [2.05, 4.69) is 10.5 Å². The minimum Gasteiger partial charge on any atom is -0.507 e. The minimum atomic E-state index is -1.72. The molecule has 14 nitrogen and oxygen atoms in total. The van der Waals surface area contributed by atoms with E-state index in [1.165, 1.54) is 24.3 Å². The van der Waals surface area contributed by atoms with Crippen LogP contribution in [0.1, 0.15) is 10.4 Å². The normalized spacial score (nSPS) is 28.4. The van der Waals surface area contributed by atoms with Crippen molar-refractivity contribution in [3.05, 3.63) is 29.8 Å². The zero-order valence-corrected chi connectivity index (χ0v) is 18.6. The molecule has 0 aromatic heterocycles. The summed E-state index contributed by atoms with van der Waals surface area (Å²) in [6.45, 7) is -2.26. The van der Waals surface area contributed by atoms with E-state index in [-0.39, 0.29) is 17.9 Å². The molecule has 1 fully saturated rings. The van der Waals surface area contributed by atoms with Crippen LogP contribution in [0.25, 0.3) is 0 Å². The SMILES string of the molecule is O=C(N/N=C\[C@H](O)[C@H](O)[C@H](COC[C@@H]1O[C@H](CO)[C@H](O)[C@H](O)[C@H]1O)[C@H](O)CO)c1ccccc1O. The maximum atomic E-state index is 12.0. The van der Waals surface area contributed by atoms with Crippen molar-refractivity contribution >= 4 is 12.1 Å². The average Bonchev–Trinajstić information content (AvgIpc) is 2.85. The third-order valence-corrected chi connectivity index (χ3v) is 5.60. The Kier molecular flexibility index (Phi) is 11.4. The number of carbonyl (C=O) groups excluding carboxylic acids is 1. The largest absolute Gasteiger partial charge is 0.507 e. The van der Waals surface area contributed by atoms with Crippen molar-refractivity contribution in [1.29, 1.82) is 0 Å². The van der Waals surface area contributed by atoms with E-state index in [1.807, 2.05) is 0 Å². The van der Waals surface area contributed by atoms with Gasteiger partial charge in [-0.25, -0.2) is 5.43 Å². The lowest BCUT2D eigenvalue weighted by molar-refractivity contribution is -0.240. The number of phenolic OH excluding ortho intramolecular Hbond substituents is 1. The van der Waals surface area contributed by atoms with Gasteiger partial charge in [0.05, 0.1) is 50.4 Å². The molecular weight excluding hydrogens is 472 g/mol. The highest BCUT2D eigenvalue weighted by Crippen LogP contribution is 2.22. The maximum absolute atomic E-state index is 12.0. The monoisotopic (exact) mass is 504 g/mol. The first-order chi connectivity index (χ1) is 16.6. The summed E-state index contributed by atoms with van der Waals surface area (Å²) >= 11 is 0. The number of aromatic hydroxyl groups is 1. The number of aliphatic hydroxyl groups is 8. The molecule has 1 aromatic rings. The lowest BCUT2D eigenvalue weighted by atomic mass is 9.93. The fourth-order valence-corrected chi connectivity index (χ4v) is 3.45. The van der Waals surface area contributed by atoms with Crippen LogP contribution in [0, 0.1) is 5.92 Å². The molecule has 1 heterocycles. The first-order valence-corrected chi connectivity index (χ1v) is 10.8. The van der Waals surface area contributed by atoms with Gasteiger partial charge in [0, 0.05) is 5.92 Å². The summed E-state index contributed by atoms with van der Waals surface area (Å²) in [6.07, 6.45) is -11.2. The molecule has 0 bridgehead atoms. The van der Waals surface area contributed by atoms with Crippen LogP contribution < -0.4 is 5.43 Å². The molecule has 0 radical (unpaired) electrons. The predicted molar refractivity (Wildman–Crippen MR) is 117 cm³/mol. The van der Waals surface area contributed by atoms with E-state index >= 15 is 0 Å². The fraction of sp³-hybridized carbons (Fsp3) is 0.619. The highest BCUT2D eigenvalue weighted by Gasteiger charge is 2.43. The van der Waals surface area contributed by atoms with E-state index in [9.17, 15) is 50.8 Å². The molecule has 198 valence electrons. The number of rotatable bonds is 12. The molecule has 1 saturated heterocycles. The number of amides is 1. The molecule has 1 aromatic carbocycles. The summed E-state index contributed by atoms with van der Waals surface area (Å²) in [4.78, 5) is 12.0. The van der Waals surface area contributed by atoms with E-state index in [0.29, 0.717) is 0 Å². The van der Waals surface area contributed by atoms with Crippen LogP contribution in [-0.2, 0) is 9.47 Å². The van der Waals surface area contributed by atoms with Crippen molar-refractivity contribution in [3.63, 3.8) is 0 Å². The third kappa shape index (κ3) is 7.62. The second kappa shape index (κ2) is 13.7. The van der Waals surface area contributed by atoms with Crippen LogP contribution in [0.2, 0.25) is 0 Å². The van der Waals surface area contributed by atoms with Crippen molar-refractivity contribution in [3.8, 4) is 5.75 Å². The van der Waals surface area contributed by atoms with Crippen LogP contribution in [0.4, 0.5) is 0 Å². The Bertz CT molecular complexity index is 825. The maximum Gasteiger partial charge on any atom is 0.275 e. The van der Waals surface area contributed by atoms with Crippen LogP contribution in [0.15, 0.2) is 29.4 Å². The molecule has 0 unspecified atom stereocenters. The summed E-state index contributed by atoms with van der Waals surface area (Å²) in [5, 5.41) is 92.0. The Labute approximate surface area is 200 Å². The molecule has 1 aliphatic heterocycles. The molecule has 14 heteroatoms. The third-order valence-electron chi connectivity index (χ3n) is 5.60. The Hall–Kier alpha value is -2.24.